The Morgan fingerprint density at radius 1 is 1.31 bits per heavy atom. The molecule has 3 rings (SSSR count). The first-order valence-corrected chi connectivity index (χ1v) is 14.3. The summed E-state index contributed by atoms with van der Waals surface area (Å²) in [6.07, 6.45) is 6.24. The Kier molecular flexibility index (Phi) is 6.24. The monoisotopic (exact) mass is 535 g/mol. The number of hydrogen-bond donors (Lipinski definition) is 2. The lowest BCUT2D eigenvalue weighted by molar-refractivity contribution is 0.00718. The quantitative estimate of drug-likeness (QED) is 0.481. The highest BCUT2D eigenvalue weighted by Gasteiger charge is 2.51. The van der Waals surface area contributed by atoms with E-state index in [4.69, 9.17) is 4.74 Å². The van der Waals surface area contributed by atoms with Gasteiger partial charge in [0.2, 0.25) is 0 Å². The van der Waals surface area contributed by atoms with Crippen molar-refractivity contribution in [2.24, 2.45) is 5.41 Å². The Balaban J connectivity index is 1.82. The summed E-state index contributed by atoms with van der Waals surface area (Å²) in [7, 11) is -2.07. The van der Waals surface area contributed by atoms with Crippen LogP contribution in [0.2, 0.25) is 0 Å². The second-order valence-corrected chi connectivity index (χ2v) is 16.6. The minimum atomic E-state index is -2.07. The minimum Gasteiger partial charge on any atom is -0.444 e. The van der Waals surface area contributed by atoms with Crippen molar-refractivity contribution in [3.8, 4) is 0 Å². The van der Waals surface area contributed by atoms with Crippen LogP contribution in [-0.4, -0.2) is 44.0 Å². The normalized spacial score (nSPS) is 24.7. The summed E-state index contributed by atoms with van der Waals surface area (Å²) in [6.45, 7) is 13.2. The topological polar surface area (TPSA) is 74.7 Å². The van der Waals surface area contributed by atoms with Crippen molar-refractivity contribution in [1.82, 2.24) is 14.6 Å². The van der Waals surface area contributed by atoms with E-state index in [1.54, 1.807) is 0 Å². The number of piperidine rings is 1. The molecule has 2 heterocycles. The lowest BCUT2D eigenvalue weighted by Gasteiger charge is -2.49. The van der Waals surface area contributed by atoms with Crippen molar-refractivity contribution in [2.75, 3.05) is 13.1 Å². The maximum atomic E-state index is 12.5. The molecule has 2 N–H and O–H groups in total. The number of pyridine rings is 1. The number of amides is 1. The molecule has 164 valence electrons. The number of likely N-dealkylation sites (tertiary alicyclic amines) is 1. The van der Waals surface area contributed by atoms with Gasteiger partial charge in [-0.05, 0) is 91.1 Å². The van der Waals surface area contributed by atoms with Gasteiger partial charge in [0.1, 0.15) is 5.60 Å². The standard InChI is InChI=1S/C21H34IN3O3S/c1-19(2,3)28-18(26)25-11-8-21(9-12-25)13-15-7-10-23-14-16(15)17(21)24-29(22,27)20(4,5)6/h7,10,14,17,24,27H,8-9,11-13H2,1-6H3/t17-/m1/s1. The molecule has 2 atom stereocenters. The lowest BCUT2D eigenvalue weighted by atomic mass is 9.73. The van der Waals surface area contributed by atoms with Crippen LogP contribution >= 0.6 is 28.9 Å². The molecule has 1 aromatic heterocycles. The maximum Gasteiger partial charge on any atom is 0.410 e. The minimum absolute atomic E-state index is 0.0265. The molecule has 1 aliphatic carbocycles. The Morgan fingerprint density at radius 2 is 1.93 bits per heavy atom. The van der Waals surface area contributed by atoms with E-state index in [1.165, 1.54) is 11.1 Å². The first-order valence-electron chi connectivity index (χ1n) is 10.2. The first kappa shape index (κ1) is 23.1. The van der Waals surface area contributed by atoms with E-state index in [2.05, 4.69) is 57.7 Å². The Labute approximate surface area is 188 Å². The molecule has 1 saturated heterocycles. The van der Waals surface area contributed by atoms with E-state index in [0.29, 0.717) is 13.1 Å². The van der Waals surface area contributed by atoms with Crippen molar-refractivity contribution in [3.63, 3.8) is 0 Å². The summed E-state index contributed by atoms with van der Waals surface area (Å²) >= 11 is 2.20. The zero-order chi connectivity index (χ0) is 21.7. The van der Waals surface area contributed by atoms with Gasteiger partial charge in [0.05, 0.1) is 6.04 Å². The fraction of sp³-hybridized carbons (Fsp3) is 0.714. The third-order valence-corrected chi connectivity index (χ3v) is 12.8. The first-order chi connectivity index (χ1) is 13.2. The SMILES string of the molecule is CC(C)(C)OC(=O)N1CCC2(CC1)Cc1ccncc1[C@H]2NS(O)(I)C(C)(C)C. The van der Waals surface area contributed by atoms with E-state index in [0.717, 1.165) is 19.3 Å². The van der Waals surface area contributed by atoms with Gasteiger partial charge in [0, 0.05) is 51.4 Å². The molecule has 1 aliphatic heterocycles. The molecule has 0 aromatic carbocycles. The zero-order valence-corrected chi connectivity index (χ0v) is 21.3. The molecule has 1 amide bonds. The van der Waals surface area contributed by atoms with Crippen molar-refractivity contribution < 1.29 is 14.1 Å². The van der Waals surface area contributed by atoms with Gasteiger partial charge >= 0.3 is 6.09 Å². The highest BCUT2D eigenvalue weighted by molar-refractivity contribution is 14.2. The molecule has 2 aliphatic rings. The van der Waals surface area contributed by atoms with Gasteiger partial charge in [-0.25, -0.2) is 9.52 Å². The summed E-state index contributed by atoms with van der Waals surface area (Å²) < 4.78 is 20.2. The molecular formula is C21H34IN3O3S. The lowest BCUT2D eigenvalue weighted by Crippen LogP contribution is -2.49. The second-order valence-electron chi connectivity index (χ2n) is 10.3. The van der Waals surface area contributed by atoms with Gasteiger partial charge in [-0.1, -0.05) is 0 Å². The van der Waals surface area contributed by atoms with Gasteiger partial charge < -0.3 is 14.2 Å². The van der Waals surface area contributed by atoms with Crippen LogP contribution in [-0.2, 0) is 11.2 Å². The fourth-order valence-corrected chi connectivity index (χ4v) is 5.92. The zero-order valence-electron chi connectivity index (χ0n) is 18.3. The van der Waals surface area contributed by atoms with Crippen LogP contribution in [0.1, 0.15) is 71.6 Å². The van der Waals surface area contributed by atoms with Crippen LogP contribution in [0.15, 0.2) is 18.5 Å². The number of fused-ring (bicyclic) bond motifs is 1. The fourth-order valence-electron chi connectivity index (χ4n) is 4.12. The largest absolute Gasteiger partial charge is 0.444 e. The highest BCUT2D eigenvalue weighted by Crippen LogP contribution is 2.64. The Hall–Kier alpha value is -0.580. The van der Waals surface area contributed by atoms with Crippen LogP contribution in [0.5, 0.6) is 0 Å². The number of carbonyl (C=O) groups excluding carboxylic acids is 1. The average molecular weight is 535 g/mol. The van der Waals surface area contributed by atoms with Gasteiger partial charge in [-0.3, -0.25) is 4.98 Å². The molecule has 29 heavy (non-hydrogen) atoms. The van der Waals surface area contributed by atoms with E-state index < -0.39 is 13.3 Å². The maximum absolute atomic E-state index is 12.5. The third kappa shape index (κ3) is 4.85. The predicted molar refractivity (Wildman–Crippen MR) is 127 cm³/mol. The molecule has 6 nitrogen and oxygen atoms in total. The number of nitrogens with one attached hydrogen (secondary N) is 1. The van der Waals surface area contributed by atoms with Gasteiger partial charge in [0.25, 0.3) is 0 Å². The third-order valence-electron chi connectivity index (χ3n) is 5.91. The van der Waals surface area contributed by atoms with Crippen molar-refractivity contribution in [3.05, 3.63) is 29.6 Å². The summed E-state index contributed by atoms with van der Waals surface area (Å²) in [5.41, 5.74) is 1.97. The smallest absolute Gasteiger partial charge is 0.410 e. The van der Waals surface area contributed by atoms with Gasteiger partial charge in [-0.15, -0.1) is 0 Å². The number of nitrogens with zero attached hydrogens (tertiary/aromatic N) is 2. The summed E-state index contributed by atoms with van der Waals surface area (Å²) in [5, 5.41) is 0. The Bertz CT molecular complexity index is 765. The van der Waals surface area contributed by atoms with Crippen LogP contribution in [0, 0.1) is 5.41 Å². The van der Waals surface area contributed by atoms with Crippen molar-refractivity contribution in [2.45, 2.75) is 77.2 Å². The molecule has 0 bridgehead atoms. The van der Waals surface area contributed by atoms with Gasteiger partial charge in [0.15, 0.2) is 0 Å². The van der Waals surface area contributed by atoms with Crippen molar-refractivity contribution in [1.29, 1.82) is 0 Å². The van der Waals surface area contributed by atoms with Crippen LogP contribution in [0.3, 0.4) is 0 Å². The average Bonchev–Trinajstić information content (AvgIpc) is 2.86. The number of hydrogen-bond acceptors (Lipinski definition) is 5. The molecule has 0 radical (unpaired) electrons. The number of halogens is 1. The molecular weight excluding hydrogens is 501 g/mol. The number of ether oxygens (including phenoxy) is 1. The second kappa shape index (κ2) is 7.84. The number of carbonyl (C=O) groups is 1. The van der Waals surface area contributed by atoms with Gasteiger partial charge in [-0.2, -0.15) is 0 Å². The molecule has 1 aromatic rings. The predicted octanol–water partition coefficient (Wildman–Crippen LogP) is 5.63. The highest BCUT2D eigenvalue weighted by atomic mass is 127. The van der Waals surface area contributed by atoms with E-state index in [-0.39, 0.29) is 22.3 Å². The molecule has 8 heteroatoms. The Morgan fingerprint density at radius 3 is 2.48 bits per heavy atom. The molecule has 1 fully saturated rings. The van der Waals surface area contributed by atoms with E-state index >= 15 is 0 Å². The number of rotatable bonds is 2. The summed E-state index contributed by atoms with van der Waals surface area (Å²) in [6, 6.07) is 2.13. The van der Waals surface area contributed by atoms with E-state index in [9.17, 15) is 9.35 Å². The number of aromatic nitrogens is 1. The van der Waals surface area contributed by atoms with Crippen molar-refractivity contribution >= 4 is 35.0 Å². The van der Waals surface area contributed by atoms with Crippen LogP contribution in [0.25, 0.3) is 0 Å². The van der Waals surface area contributed by atoms with E-state index in [1.807, 2.05) is 38.1 Å². The van der Waals surface area contributed by atoms with Crippen LogP contribution < -0.4 is 4.72 Å². The summed E-state index contributed by atoms with van der Waals surface area (Å²) in [5.74, 6) is 0. The summed E-state index contributed by atoms with van der Waals surface area (Å²) in [4.78, 5) is 18.7. The molecule has 1 unspecified atom stereocenters. The molecule has 1 spiro atoms. The van der Waals surface area contributed by atoms with Crippen LogP contribution in [0.4, 0.5) is 4.79 Å². The molecule has 0 saturated carbocycles.